The molecule has 0 heterocycles. The first-order chi connectivity index (χ1) is 10.5. The van der Waals surface area contributed by atoms with E-state index >= 15 is 0 Å². The van der Waals surface area contributed by atoms with E-state index in [-0.39, 0.29) is 30.3 Å². The van der Waals surface area contributed by atoms with Gasteiger partial charge in [-0.25, -0.2) is 0 Å². The van der Waals surface area contributed by atoms with E-state index in [0.29, 0.717) is 43.9 Å². The molecule has 1 rings (SSSR count). The lowest BCUT2D eigenvalue weighted by Gasteiger charge is -2.09. The van der Waals surface area contributed by atoms with E-state index in [9.17, 15) is 9.59 Å². The van der Waals surface area contributed by atoms with Gasteiger partial charge >= 0.3 is 0 Å². The van der Waals surface area contributed by atoms with Gasteiger partial charge in [0, 0.05) is 31.1 Å². The molecule has 0 saturated heterocycles. The molecule has 0 aliphatic carbocycles. The fourth-order valence-electron chi connectivity index (χ4n) is 1.84. The van der Waals surface area contributed by atoms with E-state index in [2.05, 4.69) is 10.6 Å². The number of nitrogens with one attached hydrogen (secondary N) is 2. The summed E-state index contributed by atoms with van der Waals surface area (Å²) in [5, 5.41) is 5.58. The number of halogens is 1. The van der Waals surface area contributed by atoms with Crippen molar-refractivity contribution < 1.29 is 14.3 Å². The van der Waals surface area contributed by atoms with E-state index in [0.717, 1.165) is 0 Å². The Morgan fingerprint density at radius 3 is 2.30 bits per heavy atom. The number of ether oxygens (including phenoxy) is 1. The number of nitrogens with two attached hydrogens (primary N) is 1. The fourth-order valence-corrected chi connectivity index (χ4v) is 1.84. The monoisotopic (exact) mass is 343 g/mol. The topological polar surface area (TPSA) is 93.5 Å². The molecule has 23 heavy (non-hydrogen) atoms. The van der Waals surface area contributed by atoms with Crippen molar-refractivity contribution in [2.24, 2.45) is 5.73 Å². The molecule has 0 fully saturated rings. The molecular formula is C16H26ClN3O3. The van der Waals surface area contributed by atoms with Gasteiger partial charge in [-0.05, 0) is 44.5 Å². The summed E-state index contributed by atoms with van der Waals surface area (Å²) in [5.74, 6) is 0.589. The molecule has 0 saturated carbocycles. The van der Waals surface area contributed by atoms with Crippen LogP contribution in [-0.2, 0) is 9.59 Å². The molecule has 1 aromatic rings. The van der Waals surface area contributed by atoms with Gasteiger partial charge in [0.2, 0.25) is 11.8 Å². The van der Waals surface area contributed by atoms with Crippen molar-refractivity contribution in [3.63, 3.8) is 0 Å². The molecule has 0 bridgehead atoms. The third-order valence-corrected chi connectivity index (χ3v) is 2.78. The van der Waals surface area contributed by atoms with Gasteiger partial charge in [0.15, 0.2) is 0 Å². The Morgan fingerprint density at radius 1 is 1.13 bits per heavy atom. The van der Waals surface area contributed by atoms with Crippen molar-refractivity contribution in [1.29, 1.82) is 0 Å². The molecule has 2 amide bonds. The van der Waals surface area contributed by atoms with Crippen LogP contribution in [0, 0.1) is 0 Å². The molecule has 0 aromatic heterocycles. The number of anilines is 1. The van der Waals surface area contributed by atoms with E-state index in [1.165, 1.54) is 0 Å². The Balaban J connectivity index is 0.00000484. The minimum absolute atomic E-state index is 0. The normalized spacial score (nSPS) is 9.91. The third kappa shape index (κ3) is 9.76. The smallest absolute Gasteiger partial charge is 0.224 e. The van der Waals surface area contributed by atoms with Crippen LogP contribution in [0.25, 0.3) is 0 Å². The second-order valence-electron chi connectivity index (χ2n) is 5.29. The van der Waals surface area contributed by atoms with Crippen molar-refractivity contribution >= 4 is 29.9 Å². The third-order valence-electron chi connectivity index (χ3n) is 2.78. The average molecular weight is 344 g/mol. The molecule has 0 atom stereocenters. The zero-order valence-corrected chi connectivity index (χ0v) is 14.4. The maximum atomic E-state index is 11.8. The quantitative estimate of drug-likeness (QED) is 0.640. The maximum Gasteiger partial charge on any atom is 0.224 e. The summed E-state index contributed by atoms with van der Waals surface area (Å²) in [7, 11) is 0. The highest BCUT2D eigenvalue weighted by atomic mass is 35.5. The second-order valence-corrected chi connectivity index (χ2v) is 5.29. The number of hydrogen-bond donors (Lipinski definition) is 3. The van der Waals surface area contributed by atoms with Gasteiger partial charge in [-0.3, -0.25) is 9.59 Å². The molecule has 0 aliphatic rings. The lowest BCUT2D eigenvalue weighted by atomic mass is 10.2. The van der Waals surface area contributed by atoms with Gasteiger partial charge in [-0.15, -0.1) is 12.4 Å². The average Bonchev–Trinajstić information content (AvgIpc) is 2.45. The van der Waals surface area contributed by atoms with Gasteiger partial charge in [-0.2, -0.15) is 0 Å². The maximum absolute atomic E-state index is 11.8. The highest BCUT2D eigenvalue weighted by Gasteiger charge is 2.06. The van der Waals surface area contributed by atoms with E-state index < -0.39 is 0 Å². The largest absolute Gasteiger partial charge is 0.492 e. The molecule has 0 unspecified atom stereocenters. The van der Waals surface area contributed by atoms with Crippen LogP contribution in [0.15, 0.2) is 24.3 Å². The van der Waals surface area contributed by atoms with Crippen LogP contribution in [-0.4, -0.2) is 31.0 Å². The van der Waals surface area contributed by atoms with Crippen LogP contribution in [0.5, 0.6) is 5.75 Å². The number of rotatable bonds is 9. The van der Waals surface area contributed by atoms with Gasteiger partial charge in [0.1, 0.15) is 12.4 Å². The molecule has 0 radical (unpaired) electrons. The Bertz CT molecular complexity index is 478. The first-order valence-electron chi connectivity index (χ1n) is 7.53. The number of amides is 2. The zero-order valence-electron chi connectivity index (χ0n) is 13.6. The Kier molecular flexibility index (Phi) is 10.8. The number of carbonyl (C=O) groups is 2. The highest BCUT2D eigenvalue weighted by Crippen LogP contribution is 2.15. The Hall–Kier alpha value is -1.79. The van der Waals surface area contributed by atoms with Gasteiger partial charge < -0.3 is 21.1 Å². The minimum atomic E-state index is -0.104. The predicted octanol–water partition coefficient (Wildman–Crippen LogP) is 2.08. The van der Waals surface area contributed by atoms with Crippen molar-refractivity contribution in [1.82, 2.24) is 5.32 Å². The zero-order chi connectivity index (χ0) is 16.4. The first kappa shape index (κ1) is 21.2. The summed E-state index contributed by atoms with van der Waals surface area (Å²) >= 11 is 0. The standard InChI is InChI=1S/C16H25N3O3.ClH/c1-12(2)18-15(20)4-3-5-16(21)19-13-6-8-14(9-7-13)22-11-10-17;/h6-9,12H,3-5,10-11,17H2,1-2H3,(H,18,20)(H,19,21);1H. The molecule has 4 N–H and O–H groups in total. The van der Waals surface area contributed by atoms with E-state index in [1.807, 2.05) is 13.8 Å². The molecule has 1 aromatic carbocycles. The van der Waals surface area contributed by atoms with Crippen molar-refractivity contribution in [2.75, 3.05) is 18.5 Å². The predicted molar refractivity (Wildman–Crippen MR) is 94.0 cm³/mol. The lowest BCUT2D eigenvalue weighted by molar-refractivity contribution is -0.121. The van der Waals surface area contributed by atoms with Crippen LogP contribution in [0.4, 0.5) is 5.69 Å². The molecule has 0 spiro atoms. The summed E-state index contributed by atoms with van der Waals surface area (Å²) in [5.41, 5.74) is 6.06. The van der Waals surface area contributed by atoms with Gasteiger partial charge in [0.05, 0.1) is 0 Å². The van der Waals surface area contributed by atoms with Crippen LogP contribution in [0.3, 0.4) is 0 Å². The Labute approximate surface area is 143 Å². The lowest BCUT2D eigenvalue weighted by Crippen LogP contribution is -2.29. The van der Waals surface area contributed by atoms with Gasteiger partial charge in [0.25, 0.3) is 0 Å². The van der Waals surface area contributed by atoms with Gasteiger partial charge in [-0.1, -0.05) is 0 Å². The molecule has 7 heteroatoms. The van der Waals surface area contributed by atoms with Crippen LogP contribution < -0.4 is 21.1 Å². The van der Waals surface area contributed by atoms with E-state index in [4.69, 9.17) is 10.5 Å². The van der Waals surface area contributed by atoms with Crippen molar-refractivity contribution in [3.8, 4) is 5.75 Å². The Morgan fingerprint density at radius 2 is 1.74 bits per heavy atom. The number of carbonyl (C=O) groups excluding carboxylic acids is 2. The summed E-state index contributed by atoms with van der Waals surface area (Å²) in [6, 6.07) is 7.23. The van der Waals surface area contributed by atoms with E-state index in [1.54, 1.807) is 24.3 Å². The summed E-state index contributed by atoms with van der Waals surface area (Å²) in [6.07, 6.45) is 1.20. The SMILES string of the molecule is CC(C)NC(=O)CCCC(=O)Nc1ccc(OCCN)cc1.Cl. The molecule has 6 nitrogen and oxygen atoms in total. The fraction of sp³-hybridized carbons (Fsp3) is 0.500. The van der Waals surface area contributed by atoms with Crippen molar-refractivity contribution in [3.05, 3.63) is 24.3 Å². The van der Waals surface area contributed by atoms with Crippen molar-refractivity contribution in [2.45, 2.75) is 39.2 Å². The minimum Gasteiger partial charge on any atom is -0.492 e. The summed E-state index contributed by atoms with van der Waals surface area (Å²) in [6.45, 7) is 4.74. The molecule has 130 valence electrons. The first-order valence-corrected chi connectivity index (χ1v) is 7.53. The summed E-state index contributed by atoms with van der Waals surface area (Å²) in [4.78, 5) is 23.2. The number of hydrogen-bond acceptors (Lipinski definition) is 4. The van der Waals surface area contributed by atoms with Crippen LogP contribution in [0.1, 0.15) is 33.1 Å². The second kappa shape index (κ2) is 11.7. The van der Waals surface area contributed by atoms with Crippen LogP contribution in [0.2, 0.25) is 0 Å². The summed E-state index contributed by atoms with van der Waals surface area (Å²) < 4.78 is 5.36. The molecular weight excluding hydrogens is 318 g/mol. The highest BCUT2D eigenvalue weighted by molar-refractivity contribution is 5.91. The molecule has 0 aliphatic heterocycles. The van der Waals surface area contributed by atoms with Crippen LogP contribution >= 0.6 is 12.4 Å². The number of benzene rings is 1.